The maximum absolute atomic E-state index is 13.5. The number of hydrogen-bond acceptors (Lipinski definition) is 2. The quantitative estimate of drug-likeness (QED) is 0.924. The second-order valence-corrected chi connectivity index (χ2v) is 5.50. The van der Waals surface area contributed by atoms with Crippen molar-refractivity contribution in [2.45, 2.75) is 26.4 Å². The van der Waals surface area contributed by atoms with Gasteiger partial charge in [0.2, 0.25) is 5.91 Å². The molecule has 1 aromatic rings. The van der Waals surface area contributed by atoms with Gasteiger partial charge in [-0.3, -0.25) is 4.79 Å². The molecule has 0 bridgehead atoms. The Morgan fingerprint density at radius 3 is 2.64 bits per heavy atom. The first-order valence-corrected chi connectivity index (χ1v) is 7.14. The van der Waals surface area contributed by atoms with Gasteiger partial charge in [0.1, 0.15) is 18.2 Å². The average Bonchev–Trinajstić information content (AvgIpc) is 2.45. The van der Waals surface area contributed by atoms with E-state index in [1.54, 1.807) is 4.90 Å². The van der Waals surface area contributed by atoms with E-state index in [9.17, 15) is 18.4 Å². The van der Waals surface area contributed by atoms with Crippen molar-refractivity contribution in [3.63, 3.8) is 0 Å². The van der Waals surface area contributed by atoms with Crippen molar-refractivity contribution in [3.8, 4) is 0 Å². The van der Waals surface area contributed by atoms with Crippen LogP contribution in [-0.2, 0) is 11.3 Å². The molecule has 0 atom stereocenters. The Kier molecular flexibility index (Phi) is 4.95. The van der Waals surface area contributed by atoms with Gasteiger partial charge < -0.3 is 15.1 Å². The Labute approximate surface area is 127 Å². The highest BCUT2D eigenvalue weighted by molar-refractivity contribution is 5.85. The van der Waals surface area contributed by atoms with Gasteiger partial charge in [-0.1, -0.05) is 6.07 Å². The van der Waals surface area contributed by atoms with Crippen LogP contribution in [0.4, 0.5) is 13.6 Å². The van der Waals surface area contributed by atoms with Gasteiger partial charge in [-0.05, 0) is 19.9 Å². The van der Waals surface area contributed by atoms with Crippen LogP contribution in [0.15, 0.2) is 18.2 Å². The van der Waals surface area contributed by atoms with Crippen LogP contribution >= 0.6 is 0 Å². The van der Waals surface area contributed by atoms with E-state index in [4.69, 9.17) is 0 Å². The third-order valence-corrected chi connectivity index (χ3v) is 3.61. The molecule has 1 fully saturated rings. The average molecular weight is 311 g/mol. The molecule has 7 heteroatoms. The number of piperazine rings is 1. The Morgan fingerprint density at radius 1 is 1.32 bits per heavy atom. The molecular formula is C15H19F2N3O2. The first-order valence-electron chi connectivity index (χ1n) is 7.14. The molecule has 1 saturated heterocycles. The normalized spacial score (nSPS) is 15.4. The van der Waals surface area contributed by atoms with Gasteiger partial charge in [0.15, 0.2) is 0 Å². The number of carbonyl (C=O) groups is 2. The molecule has 0 aliphatic carbocycles. The Bertz CT molecular complexity index is 578. The number of amides is 3. The lowest BCUT2D eigenvalue weighted by Gasteiger charge is -2.36. The molecule has 0 radical (unpaired) electrons. The molecule has 1 heterocycles. The van der Waals surface area contributed by atoms with Crippen molar-refractivity contribution in [3.05, 3.63) is 35.4 Å². The fourth-order valence-electron chi connectivity index (χ4n) is 2.35. The van der Waals surface area contributed by atoms with Gasteiger partial charge in [0, 0.05) is 37.3 Å². The van der Waals surface area contributed by atoms with Crippen LogP contribution in [0.25, 0.3) is 0 Å². The van der Waals surface area contributed by atoms with Crippen LogP contribution in [0.5, 0.6) is 0 Å². The molecule has 1 aromatic carbocycles. The summed E-state index contributed by atoms with van der Waals surface area (Å²) in [5.41, 5.74) is 0.196. The summed E-state index contributed by atoms with van der Waals surface area (Å²) < 4.78 is 26.3. The van der Waals surface area contributed by atoms with Crippen LogP contribution in [0, 0.1) is 11.6 Å². The van der Waals surface area contributed by atoms with Crippen molar-refractivity contribution in [2.75, 3.05) is 19.6 Å². The highest BCUT2D eigenvalue weighted by Crippen LogP contribution is 2.10. The fraction of sp³-hybridized carbons (Fsp3) is 0.467. The molecule has 22 heavy (non-hydrogen) atoms. The number of halogens is 2. The molecule has 0 aromatic heterocycles. The van der Waals surface area contributed by atoms with Gasteiger partial charge in [-0.25, -0.2) is 13.6 Å². The van der Waals surface area contributed by atoms with Crippen molar-refractivity contribution < 1.29 is 18.4 Å². The number of hydrogen-bond donors (Lipinski definition) is 1. The van der Waals surface area contributed by atoms with Gasteiger partial charge >= 0.3 is 6.03 Å². The zero-order valence-electron chi connectivity index (χ0n) is 12.6. The van der Waals surface area contributed by atoms with Crippen LogP contribution in [0.2, 0.25) is 0 Å². The van der Waals surface area contributed by atoms with Gasteiger partial charge in [0.05, 0.1) is 0 Å². The maximum Gasteiger partial charge on any atom is 0.318 e. The van der Waals surface area contributed by atoms with Crippen LogP contribution in [-0.4, -0.2) is 47.4 Å². The summed E-state index contributed by atoms with van der Waals surface area (Å²) in [7, 11) is 0. The molecule has 0 spiro atoms. The molecule has 0 saturated carbocycles. The summed E-state index contributed by atoms with van der Waals surface area (Å²) in [5, 5.41) is 2.55. The zero-order valence-corrected chi connectivity index (χ0v) is 12.6. The van der Waals surface area contributed by atoms with E-state index < -0.39 is 17.7 Å². The molecular weight excluding hydrogens is 292 g/mol. The first kappa shape index (κ1) is 16.2. The number of urea groups is 1. The monoisotopic (exact) mass is 311 g/mol. The SMILES string of the molecule is CC(C)N1CCN(C(=O)NCc2ccc(F)cc2F)CC1=O. The van der Waals surface area contributed by atoms with Crippen molar-refractivity contribution in [1.29, 1.82) is 0 Å². The Morgan fingerprint density at radius 2 is 2.05 bits per heavy atom. The fourth-order valence-corrected chi connectivity index (χ4v) is 2.35. The first-order chi connectivity index (χ1) is 10.4. The van der Waals surface area contributed by atoms with E-state index in [-0.39, 0.29) is 30.6 Å². The predicted molar refractivity (Wildman–Crippen MR) is 77.0 cm³/mol. The lowest BCUT2D eigenvalue weighted by Crippen LogP contribution is -2.56. The molecule has 0 unspecified atom stereocenters. The molecule has 120 valence electrons. The zero-order chi connectivity index (χ0) is 16.3. The molecule has 2 rings (SSSR count). The van der Waals surface area contributed by atoms with Gasteiger partial charge in [-0.2, -0.15) is 0 Å². The largest absolute Gasteiger partial charge is 0.337 e. The maximum atomic E-state index is 13.5. The predicted octanol–water partition coefficient (Wildman–Crippen LogP) is 1.73. The number of benzene rings is 1. The standard InChI is InChI=1S/C15H19F2N3O2/c1-10(2)20-6-5-19(9-14(20)21)15(22)18-8-11-3-4-12(16)7-13(11)17/h3-4,7,10H,5-6,8-9H2,1-2H3,(H,18,22). The molecule has 5 nitrogen and oxygen atoms in total. The summed E-state index contributed by atoms with van der Waals surface area (Å²) in [5.74, 6) is -1.48. The van der Waals surface area contributed by atoms with Crippen molar-refractivity contribution >= 4 is 11.9 Å². The highest BCUT2D eigenvalue weighted by Gasteiger charge is 2.28. The smallest absolute Gasteiger partial charge is 0.318 e. The molecule has 1 aliphatic heterocycles. The minimum atomic E-state index is -0.707. The third-order valence-electron chi connectivity index (χ3n) is 3.61. The van der Waals surface area contributed by atoms with E-state index in [0.717, 1.165) is 12.1 Å². The van der Waals surface area contributed by atoms with E-state index in [2.05, 4.69) is 5.32 Å². The molecule has 1 N–H and O–H groups in total. The van der Waals surface area contributed by atoms with Crippen molar-refractivity contribution in [1.82, 2.24) is 15.1 Å². The van der Waals surface area contributed by atoms with Crippen molar-refractivity contribution in [2.24, 2.45) is 0 Å². The second-order valence-electron chi connectivity index (χ2n) is 5.50. The van der Waals surface area contributed by atoms with Gasteiger partial charge in [-0.15, -0.1) is 0 Å². The van der Waals surface area contributed by atoms with E-state index in [0.29, 0.717) is 13.1 Å². The van der Waals surface area contributed by atoms with E-state index in [1.165, 1.54) is 11.0 Å². The summed E-state index contributed by atoms with van der Waals surface area (Å²) >= 11 is 0. The Balaban J connectivity index is 1.89. The van der Waals surface area contributed by atoms with E-state index >= 15 is 0 Å². The molecule has 1 aliphatic rings. The van der Waals surface area contributed by atoms with Crippen LogP contribution in [0.3, 0.4) is 0 Å². The summed E-state index contributed by atoms with van der Waals surface area (Å²) in [6, 6.07) is 2.86. The number of carbonyl (C=O) groups excluding carboxylic acids is 2. The minimum Gasteiger partial charge on any atom is -0.337 e. The summed E-state index contributed by atoms with van der Waals surface area (Å²) in [4.78, 5) is 27.0. The second kappa shape index (κ2) is 6.72. The summed E-state index contributed by atoms with van der Waals surface area (Å²) in [6.45, 7) is 4.71. The lowest BCUT2D eigenvalue weighted by molar-refractivity contribution is -0.136. The highest BCUT2D eigenvalue weighted by atomic mass is 19.1. The minimum absolute atomic E-state index is 0.00983. The molecule has 3 amide bonds. The Hall–Kier alpha value is -2.18. The number of rotatable bonds is 3. The third kappa shape index (κ3) is 3.72. The van der Waals surface area contributed by atoms with Crippen LogP contribution in [0.1, 0.15) is 19.4 Å². The topological polar surface area (TPSA) is 52.6 Å². The van der Waals surface area contributed by atoms with Crippen LogP contribution < -0.4 is 5.32 Å². The lowest BCUT2D eigenvalue weighted by atomic mass is 10.2. The van der Waals surface area contributed by atoms with Gasteiger partial charge in [0.25, 0.3) is 0 Å². The van der Waals surface area contributed by atoms with E-state index in [1.807, 2.05) is 13.8 Å². The number of nitrogens with one attached hydrogen (secondary N) is 1. The number of nitrogens with zero attached hydrogens (tertiary/aromatic N) is 2. The summed E-state index contributed by atoms with van der Waals surface area (Å²) in [6.07, 6.45) is 0.